The molecule has 0 aliphatic heterocycles. The summed E-state index contributed by atoms with van der Waals surface area (Å²) >= 11 is 5.28. The smallest absolute Gasteiger partial charge is 0.264 e. The lowest BCUT2D eigenvalue weighted by molar-refractivity contribution is -0.121. The third-order valence-electron chi connectivity index (χ3n) is 4.13. The first-order valence-electron chi connectivity index (χ1n) is 8.83. The van der Waals surface area contributed by atoms with Crippen molar-refractivity contribution in [1.82, 2.24) is 5.32 Å². The molecule has 138 valence electrons. The van der Waals surface area contributed by atoms with Crippen molar-refractivity contribution < 1.29 is 9.53 Å². The number of carbonyl (C=O) groups excluding carboxylic acids is 1. The van der Waals surface area contributed by atoms with Crippen LogP contribution in [0.3, 0.4) is 0 Å². The first-order valence-corrected chi connectivity index (χ1v) is 9.24. The van der Waals surface area contributed by atoms with Crippen molar-refractivity contribution in [2.45, 2.75) is 40.0 Å². The van der Waals surface area contributed by atoms with E-state index in [-0.39, 0.29) is 17.6 Å². The van der Waals surface area contributed by atoms with Gasteiger partial charge in [-0.05, 0) is 54.2 Å². The highest BCUT2D eigenvalue weighted by Gasteiger charge is 2.11. The summed E-state index contributed by atoms with van der Waals surface area (Å²) in [5.41, 5.74) is 4.27. The van der Waals surface area contributed by atoms with Crippen LogP contribution in [-0.4, -0.2) is 17.6 Å². The lowest BCUT2D eigenvalue weighted by atomic mass is 10.0. The standard InChI is InChI=1S/C21H26N2O2S/c1-5-16-10-8-9-15(4)20(16)23-21(26)22-19(24)13-25-18-12-7-6-11-17(18)14(2)3/h6-12,14H,5,13H2,1-4H3,(H2,22,23,24,26). The molecule has 2 aromatic rings. The second-order valence-corrected chi connectivity index (χ2v) is 6.85. The van der Waals surface area contributed by atoms with Gasteiger partial charge in [0.1, 0.15) is 5.75 Å². The number of hydrogen-bond donors (Lipinski definition) is 2. The van der Waals surface area contributed by atoms with Gasteiger partial charge in [-0.1, -0.05) is 57.2 Å². The van der Waals surface area contributed by atoms with Gasteiger partial charge in [-0.2, -0.15) is 0 Å². The topological polar surface area (TPSA) is 50.4 Å². The van der Waals surface area contributed by atoms with E-state index < -0.39 is 0 Å². The molecule has 0 saturated heterocycles. The average molecular weight is 371 g/mol. The molecule has 0 aromatic heterocycles. The van der Waals surface area contributed by atoms with Gasteiger partial charge in [0, 0.05) is 5.69 Å². The monoisotopic (exact) mass is 370 g/mol. The Kier molecular flexibility index (Phi) is 7.16. The van der Waals surface area contributed by atoms with Crippen LogP contribution < -0.4 is 15.4 Å². The highest BCUT2D eigenvalue weighted by molar-refractivity contribution is 7.80. The van der Waals surface area contributed by atoms with Crippen LogP contribution in [0.2, 0.25) is 0 Å². The molecular formula is C21H26N2O2S. The van der Waals surface area contributed by atoms with Crippen LogP contribution in [0.15, 0.2) is 42.5 Å². The molecule has 0 unspecified atom stereocenters. The van der Waals surface area contributed by atoms with E-state index in [9.17, 15) is 4.79 Å². The first-order chi connectivity index (χ1) is 12.4. The van der Waals surface area contributed by atoms with Crippen LogP contribution >= 0.6 is 12.2 Å². The number of thiocarbonyl (C=S) groups is 1. The normalized spacial score (nSPS) is 10.5. The molecule has 26 heavy (non-hydrogen) atoms. The summed E-state index contributed by atoms with van der Waals surface area (Å²) in [6.07, 6.45) is 0.885. The lowest BCUT2D eigenvalue weighted by Gasteiger charge is -2.16. The zero-order valence-electron chi connectivity index (χ0n) is 15.8. The Morgan fingerprint density at radius 3 is 2.58 bits per heavy atom. The Hall–Kier alpha value is -2.40. The maximum absolute atomic E-state index is 12.2. The van der Waals surface area contributed by atoms with Gasteiger partial charge in [0.05, 0.1) is 0 Å². The minimum absolute atomic E-state index is 0.0834. The van der Waals surface area contributed by atoms with E-state index in [1.165, 1.54) is 0 Å². The minimum Gasteiger partial charge on any atom is -0.483 e. The van der Waals surface area contributed by atoms with Crippen LogP contribution in [0, 0.1) is 6.92 Å². The van der Waals surface area contributed by atoms with Crippen molar-refractivity contribution >= 4 is 28.9 Å². The van der Waals surface area contributed by atoms with Crippen molar-refractivity contribution in [3.63, 3.8) is 0 Å². The van der Waals surface area contributed by atoms with Crippen molar-refractivity contribution in [3.8, 4) is 5.75 Å². The quantitative estimate of drug-likeness (QED) is 0.731. The summed E-state index contributed by atoms with van der Waals surface area (Å²) in [7, 11) is 0. The van der Waals surface area contributed by atoms with Gasteiger partial charge < -0.3 is 10.1 Å². The summed E-state index contributed by atoms with van der Waals surface area (Å²) < 4.78 is 5.68. The Labute approximate surface area is 161 Å². The van der Waals surface area contributed by atoms with Gasteiger partial charge in [-0.15, -0.1) is 0 Å². The number of hydrogen-bond acceptors (Lipinski definition) is 3. The zero-order valence-corrected chi connectivity index (χ0v) is 16.6. The largest absolute Gasteiger partial charge is 0.483 e. The van der Waals surface area contributed by atoms with Crippen molar-refractivity contribution in [3.05, 3.63) is 59.2 Å². The van der Waals surface area contributed by atoms with Gasteiger partial charge >= 0.3 is 0 Å². The fourth-order valence-electron chi connectivity index (χ4n) is 2.74. The fourth-order valence-corrected chi connectivity index (χ4v) is 2.96. The number of amides is 1. The van der Waals surface area contributed by atoms with Crippen LogP contribution in [0.25, 0.3) is 0 Å². The highest BCUT2D eigenvalue weighted by atomic mass is 32.1. The summed E-state index contributed by atoms with van der Waals surface area (Å²) in [6, 6.07) is 13.8. The Balaban J connectivity index is 1.94. The molecule has 0 spiro atoms. The van der Waals surface area contributed by atoms with E-state index >= 15 is 0 Å². The summed E-state index contributed by atoms with van der Waals surface area (Å²) in [5, 5.41) is 6.09. The number of rotatable bonds is 6. The molecule has 0 atom stereocenters. The third-order valence-corrected chi connectivity index (χ3v) is 4.34. The molecule has 0 heterocycles. The number of para-hydroxylation sites is 2. The first kappa shape index (κ1) is 19.9. The van der Waals surface area contributed by atoms with Gasteiger partial charge in [0.25, 0.3) is 5.91 Å². The molecule has 2 aromatic carbocycles. The second kappa shape index (κ2) is 9.34. The average Bonchev–Trinajstić information content (AvgIpc) is 2.61. The van der Waals surface area contributed by atoms with E-state index in [4.69, 9.17) is 17.0 Å². The van der Waals surface area contributed by atoms with Crippen LogP contribution in [0.5, 0.6) is 5.75 Å². The summed E-state index contributed by atoms with van der Waals surface area (Å²) in [5.74, 6) is 0.766. The van der Waals surface area contributed by atoms with Gasteiger partial charge in [0.2, 0.25) is 0 Å². The number of aryl methyl sites for hydroxylation is 2. The molecule has 5 heteroatoms. The van der Waals surface area contributed by atoms with Crippen molar-refractivity contribution in [1.29, 1.82) is 0 Å². The molecule has 4 nitrogen and oxygen atoms in total. The maximum Gasteiger partial charge on any atom is 0.264 e. The third kappa shape index (κ3) is 5.30. The Morgan fingerprint density at radius 2 is 1.88 bits per heavy atom. The molecule has 1 amide bonds. The number of carbonyl (C=O) groups is 1. The van der Waals surface area contributed by atoms with Gasteiger partial charge in [-0.3, -0.25) is 10.1 Å². The van der Waals surface area contributed by atoms with Gasteiger partial charge in [0.15, 0.2) is 11.7 Å². The van der Waals surface area contributed by atoms with Crippen molar-refractivity contribution in [2.75, 3.05) is 11.9 Å². The lowest BCUT2D eigenvalue weighted by Crippen LogP contribution is -2.37. The van der Waals surface area contributed by atoms with Crippen molar-refractivity contribution in [2.24, 2.45) is 0 Å². The zero-order chi connectivity index (χ0) is 19.1. The van der Waals surface area contributed by atoms with E-state index in [1.54, 1.807) is 0 Å². The van der Waals surface area contributed by atoms with Gasteiger partial charge in [-0.25, -0.2) is 0 Å². The molecule has 0 aliphatic rings. The molecular weight excluding hydrogens is 344 g/mol. The molecule has 0 radical (unpaired) electrons. The SMILES string of the molecule is CCc1cccc(C)c1NC(=S)NC(=O)COc1ccccc1C(C)C. The fraction of sp³-hybridized carbons (Fsp3) is 0.333. The molecule has 0 aliphatic carbocycles. The van der Waals surface area contributed by atoms with Crippen LogP contribution in [0.1, 0.15) is 43.4 Å². The maximum atomic E-state index is 12.2. The summed E-state index contributed by atoms with van der Waals surface area (Å²) in [6.45, 7) is 8.20. The van der Waals surface area contributed by atoms with E-state index in [0.717, 1.165) is 34.5 Å². The van der Waals surface area contributed by atoms with Crippen LogP contribution in [0.4, 0.5) is 5.69 Å². The summed E-state index contributed by atoms with van der Waals surface area (Å²) in [4.78, 5) is 12.2. The molecule has 2 rings (SSSR count). The Morgan fingerprint density at radius 1 is 1.15 bits per heavy atom. The number of nitrogens with one attached hydrogen (secondary N) is 2. The van der Waals surface area contributed by atoms with E-state index in [2.05, 4.69) is 31.4 Å². The minimum atomic E-state index is -0.285. The number of anilines is 1. The van der Waals surface area contributed by atoms with E-state index in [0.29, 0.717) is 5.92 Å². The molecule has 0 bridgehead atoms. The predicted molar refractivity (Wildman–Crippen MR) is 111 cm³/mol. The second-order valence-electron chi connectivity index (χ2n) is 6.45. The highest BCUT2D eigenvalue weighted by Crippen LogP contribution is 2.25. The Bertz CT molecular complexity index is 787. The molecule has 0 saturated carbocycles. The predicted octanol–water partition coefficient (Wildman–Crippen LogP) is 4.57. The molecule has 0 fully saturated rings. The van der Waals surface area contributed by atoms with E-state index in [1.807, 2.05) is 49.4 Å². The number of benzene rings is 2. The molecule has 2 N–H and O–H groups in total. The van der Waals surface area contributed by atoms with Crippen LogP contribution in [-0.2, 0) is 11.2 Å². The number of ether oxygens (including phenoxy) is 1.